The number of nitrogens with two attached hydrogens (primary N) is 1. The van der Waals surface area contributed by atoms with Crippen LogP contribution in [0.1, 0.15) is 23.3 Å². The number of H-pyrrole nitrogens is 2. The first-order valence-electron chi connectivity index (χ1n) is 6.77. The lowest BCUT2D eigenvalue weighted by atomic mass is 9.89. The van der Waals surface area contributed by atoms with Gasteiger partial charge in [-0.25, -0.2) is 9.59 Å². The van der Waals surface area contributed by atoms with Crippen LogP contribution in [0, 0.1) is 0 Å². The number of hydrogen-bond acceptors (Lipinski definition) is 7. The van der Waals surface area contributed by atoms with E-state index in [9.17, 15) is 14.4 Å². The summed E-state index contributed by atoms with van der Waals surface area (Å²) in [6, 6.07) is 3.55. The summed E-state index contributed by atoms with van der Waals surface area (Å²) >= 11 is 1.35. The maximum atomic E-state index is 12.3. The maximum absolute atomic E-state index is 12.3. The molecule has 0 amide bonds. The third-order valence-corrected chi connectivity index (χ3v) is 4.26. The minimum absolute atomic E-state index is 0.0411. The molecule has 9 heteroatoms. The molecule has 0 aromatic carbocycles. The van der Waals surface area contributed by atoms with Crippen molar-refractivity contribution >= 4 is 17.3 Å². The van der Waals surface area contributed by atoms with Gasteiger partial charge >= 0.3 is 11.7 Å². The molecule has 2 aromatic rings. The Kier molecular flexibility index (Phi) is 3.78. The molecule has 0 fully saturated rings. The number of rotatable bonds is 3. The van der Waals surface area contributed by atoms with E-state index in [-0.39, 0.29) is 29.5 Å². The van der Waals surface area contributed by atoms with E-state index in [4.69, 9.17) is 15.2 Å². The number of nitrogens with one attached hydrogen (secondary N) is 2. The molecule has 120 valence electrons. The van der Waals surface area contributed by atoms with Gasteiger partial charge in [0.15, 0.2) is 0 Å². The van der Waals surface area contributed by atoms with Crippen LogP contribution in [0.3, 0.4) is 0 Å². The number of carbonyl (C=O) groups excluding carboxylic acids is 1. The molecule has 8 nitrogen and oxygen atoms in total. The molecule has 4 N–H and O–H groups in total. The van der Waals surface area contributed by atoms with Gasteiger partial charge in [-0.3, -0.25) is 14.8 Å². The minimum atomic E-state index is -0.765. The number of esters is 1. The normalized spacial score (nSPS) is 16.7. The number of ether oxygens (including phenoxy) is 2. The molecule has 0 unspecified atom stereocenters. The molecule has 1 aliphatic rings. The third-order valence-electron chi connectivity index (χ3n) is 3.32. The first-order chi connectivity index (χ1) is 11.0. The Balaban J connectivity index is 2.26. The zero-order valence-electron chi connectivity index (χ0n) is 12.0. The maximum Gasteiger partial charge on any atom is 0.340 e. The predicted molar refractivity (Wildman–Crippen MR) is 82.3 cm³/mol. The van der Waals surface area contributed by atoms with E-state index < -0.39 is 23.1 Å². The summed E-state index contributed by atoms with van der Waals surface area (Å²) in [6.07, 6.45) is 0. The molecular weight excluding hydrogens is 322 g/mol. The topological polar surface area (TPSA) is 127 Å². The molecule has 3 heterocycles. The number of aromatic amines is 2. The molecule has 0 bridgehead atoms. The zero-order valence-corrected chi connectivity index (χ0v) is 12.9. The van der Waals surface area contributed by atoms with Gasteiger partial charge in [-0.2, -0.15) is 0 Å². The van der Waals surface area contributed by atoms with Crippen molar-refractivity contribution in [3.8, 4) is 5.88 Å². The van der Waals surface area contributed by atoms with Crippen LogP contribution in [-0.4, -0.2) is 22.5 Å². The fraction of sp³-hybridized carbons (Fsp3) is 0.214. The van der Waals surface area contributed by atoms with Crippen molar-refractivity contribution in [1.82, 2.24) is 9.97 Å². The van der Waals surface area contributed by atoms with Crippen LogP contribution in [0.25, 0.3) is 0 Å². The summed E-state index contributed by atoms with van der Waals surface area (Å²) in [5.41, 5.74) is 4.65. The lowest BCUT2D eigenvalue weighted by Gasteiger charge is -2.25. The quantitative estimate of drug-likeness (QED) is 0.696. The van der Waals surface area contributed by atoms with Gasteiger partial charge in [0.2, 0.25) is 11.8 Å². The van der Waals surface area contributed by atoms with Crippen LogP contribution >= 0.6 is 11.3 Å². The molecule has 23 heavy (non-hydrogen) atoms. The van der Waals surface area contributed by atoms with Crippen LogP contribution < -0.4 is 21.7 Å². The highest BCUT2D eigenvalue weighted by atomic mass is 32.1. The Morgan fingerprint density at radius 3 is 2.87 bits per heavy atom. The molecular formula is C14H13N3O5S. The predicted octanol–water partition coefficient (Wildman–Crippen LogP) is 0.382. The lowest BCUT2D eigenvalue weighted by Crippen LogP contribution is -2.35. The SMILES string of the molecule is CCOC(=O)C1=C(N)Oc2[nH]c(=O)[nH]c(=O)c2[C@@H]1c1cccs1. The number of aromatic nitrogens is 2. The van der Waals surface area contributed by atoms with Gasteiger partial charge in [0.05, 0.1) is 18.1 Å². The summed E-state index contributed by atoms with van der Waals surface area (Å²) in [4.78, 5) is 41.2. The Labute approximate surface area is 133 Å². The van der Waals surface area contributed by atoms with E-state index in [1.165, 1.54) is 11.3 Å². The van der Waals surface area contributed by atoms with Crippen molar-refractivity contribution < 1.29 is 14.3 Å². The van der Waals surface area contributed by atoms with Crippen LogP contribution in [0.15, 0.2) is 38.6 Å². The van der Waals surface area contributed by atoms with Gasteiger partial charge in [-0.15, -0.1) is 11.3 Å². The molecule has 0 saturated carbocycles. The van der Waals surface area contributed by atoms with E-state index in [1.54, 1.807) is 19.1 Å². The number of carbonyl (C=O) groups is 1. The van der Waals surface area contributed by atoms with Gasteiger partial charge in [0, 0.05) is 4.88 Å². The largest absolute Gasteiger partial charge is 0.462 e. The first kappa shape index (κ1) is 15.1. The molecule has 0 aliphatic carbocycles. The number of fused-ring (bicyclic) bond motifs is 1. The second-order valence-electron chi connectivity index (χ2n) is 4.70. The summed E-state index contributed by atoms with van der Waals surface area (Å²) in [6.45, 7) is 1.82. The van der Waals surface area contributed by atoms with Crippen molar-refractivity contribution in [3.05, 3.63) is 60.2 Å². The Hall–Kier alpha value is -2.81. The number of hydrogen-bond donors (Lipinski definition) is 3. The average molecular weight is 335 g/mol. The fourth-order valence-electron chi connectivity index (χ4n) is 2.44. The van der Waals surface area contributed by atoms with Crippen molar-refractivity contribution in [2.75, 3.05) is 6.61 Å². The molecule has 0 radical (unpaired) electrons. The average Bonchev–Trinajstić information content (AvgIpc) is 2.99. The lowest BCUT2D eigenvalue weighted by molar-refractivity contribution is -0.139. The van der Waals surface area contributed by atoms with Gasteiger partial charge < -0.3 is 15.2 Å². The zero-order chi connectivity index (χ0) is 16.6. The highest BCUT2D eigenvalue weighted by molar-refractivity contribution is 7.10. The van der Waals surface area contributed by atoms with E-state index in [2.05, 4.69) is 9.97 Å². The minimum Gasteiger partial charge on any atom is -0.462 e. The highest BCUT2D eigenvalue weighted by Crippen LogP contribution is 2.40. The van der Waals surface area contributed by atoms with Crippen LogP contribution in [0.2, 0.25) is 0 Å². The standard InChI is InChI=1S/C14H13N3O5S/c1-2-21-13(19)8-7(6-4-3-5-23-6)9-11(18)16-14(20)17-12(9)22-10(8)15/h3-5,7H,2,15H2,1H3,(H2,16,17,18,20)/t7-/m1/s1. The second-order valence-corrected chi connectivity index (χ2v) is 5.68. The summed E-state index contributed by atoms with van der Waals surface area (Å²) in [5.74, 6) is -1.70. The molecule has 0 spiro atoms. The molecule has 3 rings (SSSR count). The van der Waals surface area contributed by atoms with E-state index in [1.807, 2.05) is 5.38 Å². The summed E-state index contributed by atoms with van der Waals surface area (Å²) in [5, 5.41) is 1.81. The Bertz CT molecular complexity index is 894. The molecule has 1 aliphatic heterocycles. The summed E-state index contributed by atoms with van der Waals surface area (Å²) in [7, 11) is 0. The van der Waals surface area contributed by atoms with Gasteiger partial charge in [0.25, 0.3) is 5.56 Å². The van der Waals surface area contributed by atoms with Crippen molar-refractivity contribution in [2.45, 2.75) is 12.8 Å². The van der Waals surface area contributed by atoms with Gasteiger partial charge in [-0.1, -0.05) is 6.07 Å². The van der Waals surface area contributed by atoms with Crippen molar-refractivity contribution in [1.29, 1.82) is 0 Å². The second kappa shape index (κ2) is 5.76. The summed E-state index contributed by atoms with van der Waals surface area (Å²) < 4.78 is 10.3. The Morgan fingerprint density at radius 1 is 1.43 bits per heavy atom. The highest BCUT2D eigenvalue weighted by Gasteiger charge is 2.38. The van der Waals surface area contributed by atoms with Crippen LogP contribution in [0.5, 0.6) is 5.88 Å². The third kappa shape index (κ3) is 2.55. The smallest absolute Gasteiger partial charge is 0.340 e. The molecule has 1 atom stereocenters. The monoisotopic (exact) mass is 335 g/mol. The van der Waals surface area contributed by atoms with E-state index >= 15 is 0 Å². The molecule has 0 saturated heterocycles. The van der Waals surface area contributed by atoms with Crippen molar-refractivity contribution in [2.24, 2.45) is 5.73 Å². The van der Waals surface area contributed by atoms with E-state index in [0.29, 0.717) is 4.88 Å². The van der Waals surface area contributed by atoms with Crippen LogP contribution in [0.4, 0.5) is 0 Å². The first-order valence-corrected chi connectivity index (χ1v) is 7.65. The van der Waals surface area contributed by atoms with Crippen LogP contribution in [-0.2, 0) is 9.53 Å². The van der Waals surface area contributed by atoms with Crippen molar-refractivity contribution in [3.63, 3.8) is 0 Å². The fourth-order valence-corrected chi connectivity index (χ4v) is 3.28. The Morgan fingerprint density at radius 2 is 2.22 bits per heavy atom. The molecule has 2 aromatic heterocycles. The van der Waals surface area contributed by atoms with Gasteiger partial charge in [0.1, 0.15) is 5.57 Å². The number of thiophene rings is 1. The van der Waals surface area contributed by atoms with Gasteiger partial charge in [-0.05, 0) is 18.4 Å². The van der Waals surface area contributed by atoms with E-state index in [0.717, 1.165) is 0 Å².